The minimum absolute atomic E-state index is 0.506. The maximum Gasteiger partial charge on any atom is 0.0359 e. The lowest BCUT2D eigenvalue weighted by Crippen LogP contribution is -2.58. The molecule has 1 saturated carbocycles. The van der Waals surface area contributed by atoms with Crippen molar-refractivity contribution in [2.75, 3.05) is 19.6 Å². The van der Waals surface area contributed by atoms with E-state index in [0.29, 0.717) is 11.6 Å². The molecule has 0 radical (unpaired) electrons. The monoisotopic (exact) mass is 224 g/mol. The van der Waals surface area contributed by atoms with Crippen molar-refractivity contribution in [2.45, 2.75) is 70.4 Å². The Kier molecular flexibility index (Phi) is 4.26. The van der Waals surface area contributed by atoms with Gasteiger partial charge in [-0.15, -0.1) is 0 Å². The van der Waals surface area contributed by atoms with Gasteiger partial charge in [-0.1, -0.05) is 19.8 Å². The lowest BCUT2D eigenvalue weighted by molar-refractivity contribution is 0.0838. The molecule has 1 heterocycles. The van der Waals surface area contributed by atoms with E-state index in [1.807, 2.05) is 0 Å². The first-order chi connectivity index (χ1) is 7.79. The number of hydrogen-bond acceptors (Lipinski definition) is 2. The molecule has 2 heteroatoms. The van der Waals surface area contributed by atoms with Crippen molar-refractivity contribution in [3.63, 3.8) is 0 Å². The topological polar surface area (TPSA) is 15.3 Å². The molecule has 2 aliphatic rings. The van der Waals surface area contributed by atoms with Crippen molar-refractivity contribution >= 4 is 0 Å². The van der Waals surface area contributed by atoms with E-state index in [4.69, 9.17) is 0 Å². The molecule has 0 bridgehead atoms. The zero-order valence-electron chi connectivity index (χ0n) is 11.1. The average Bonchev–Trinajstić information content (AvgIpc) is 2.95. The van der Waals surface area contributed by atoms with Crippen LogP contribution in [0.4, 0.5) is 0 Å². The van der Waals surface area contributed by atoms with E-state index in [0.717, 1.165) is 0 Å². The summed E-state index contributed by atoms with van der Waals surface area (Å²) in [4.78, 5) is 2.80. The fourth-order valence-corrected chi connectivity index (χ4v) is 3.72. The Morgan fingerprint density at radius 3 is 2.31 bits per heavy atom. The molecule has 2 nitrogen and oxygen atoms in total. The van der Waals surface area contributed by atoms with Crippen LogP contribution in [-0.4, -0.2) is 36.1 Å². The largest absolute Gasteiger partial charge is 0.312 e. The van der Waals surface area contributed by atoms with Gasteiger partial charge in [-0.3, -0.25) is 4.90 Å². The van der Waals surface area contributed by atoms with Crippen molar-refractivity contribution in [1.29, 1.82) is 0 Å². The van der Waals surface area contributed by atoms with E-state index in [1.54, 1.807) is 0 Å². The zero-order chi connectivity index (χ0) is 11.4. The predicted molar refractivity (Wildman–Crippen MR) is 69.8 cm³/mol. The summed E-state index contributed by atoms with van der Waals surface area (Å²) in [6, 6.07) is 0.674. The quantitative estimate of drug-likeness (QED) is 0.772. The molecule has 1 aliphatic heterocycles. The first-order valence-corrected chi connectivity index (χ1v) is 7.28. The second-order valence-electron chi connectivity index (χ2n) is 5.68. The van der Waals surface area contributed by atoms with Crippen molar-refractivity contribution in [2.24, 2.45) is 0 Å². The van der Waals surface area contributed by atoms with Crippen molar-refractivity contribution < 1.29 is 0 Å². The molecule has 0 spiro atoms. The fraction of sp³-hybridized carbons (Fsp3) is 1.00. The summed E-state index contributed by atoms with van der Waals surface area (Å²) < 4.78 is 0. The standard InChI is InChI=1S/C14H28N2/c1-3-10-15-13(2)14(8-4-5-9-14)16-11-6-7-12-16/h13,15H,3-12H2,1-2H3. The second-order valence-corrected chi connectivity index (χ2v) is 5.68. The number of nitrogens with one attached hydrogen (secondary N) is 1. The molecule has 2 rings (SSSR count). The van der Waals surface area contributed by atoms with Gasteiger partial charge in [0, 0.05) is 11.6 Å². The molecule has 1 aliphatic carbocycles. The first-order valence-electron chi connectivity index (χ1n) is 7.28. The maximum absolute atomic E-state index is 3.75. The molecule has 0 aromatic heterocycles. The van der Waals surface area contributed by atoms with Gasteiger partial charge < -0.3 is 5.32 Å². The molecule has 1 atom stereocenters. The molecular formula is C14H28N2. The first kappa shape index (κ1) is 12.4. The maximum atomic E-state index is 3.75. The van der Waals surface area contributed by atoms with E-state index in [2.05, 4.69) is 24.1 Å². The summed E-state index contributed by atoms with van der Waals surface area (Å²) in [5, 5.41) is 3.75. The van der Waals surface area contributed by atoms with Gasteiger partial charge in [0.15, 0.2) is 0 Å². The van der Waals surface area contributed by atoms with Crippen LogP contribution in [0.1, 0.15) is 58.8 Å². The van der Waals surface area contributed by atoms with E-state index in [1.165, 1.54) is 64.6 Å². The van der Waals surface area contributed by atoms with Gasteiger partial charge in [0.25, 0.3) is 0 Å². The van der Waals surface area contributed by atoms with Crippen LogP contribution in [0.3, 0.4) is 0 Å². The summed E-state index contributed by atoms with van der Waals surface area (Å²) in [6.45, 7) is 8.54. The van der Waals surface area contributed by atoms with E-state index < -0.39 is 0 Å². The van der Waals surface area contributed by atoms with Gasteiger partial charge in [0.1, 0.15) is 0 Å². The summed E-state index contributed by atoms with van der Waals surface area (Å²) >= 11 is 0. The fourth-order valence-electron chi connectivity index (χ4n) is 3.72. The van der Waals surface area contributed by atoms with Gasteiger partial charge in [-0.25, -0.2) is 0 Å². The highest BCUT2D eigenvalue weighted by Crippen LogP contribution is 2.39. The molecule has 0 aromatic carbocycles. The molecule has 1 saturated heterocycles. The second kappa shape index (κ2) is 5.50. The lowest BCUT2D eigenvalue weighted by atomic mass is 9.87. The molecule has 94 valence electrons. The molecular weight excluding hydrogens is 196 g/mol. The van der Waals surface area contributed by atoms with E-state index in [-0.39, 0.29) is 0 Å². The Balaban J connectivity index is 2.01. The van der Waals surface area contributed by atoms with E-state index in [9.17, 15) is 0 Å². The van der Waals surface area contributed by atoms with Crippen LogP contribution in [0.2, 0.25) is 0 Å². The van der Waals surface area contributed by atoms with Crippen LogP contribution in [0.5, 0.6) is 0 Å². The molecule has 2 fully saturated rings. The van der Waals surface area contributed by atoms with Crippen LogP contribution in [0, 0.1) is 0 Å². The predicted octanol–water partition coefficient (Wildman–Crippen LogP) is 2.78. The zero-order valence-corrected chi connectivity index (χ0v) is 11.1. The number of hydrogen-bond donors (Lipinski definition) is 1. The summed E-state index contributed by atoms with van der Waals surface area (Å²) in [6.07, 6.45) is 9.81. The Bertz CT molecular complexity index is 203. The van der Waals surface area contributed by atoms with Gasteiger partial charge >= 0.3 is 0 Å². The van der Waals surface area contributed by atoms with Crippen molar-refractivity contribution in [3.8, 4) is 0 Å². The van der Waals surface area contributed by atoms with Crippen LogP contribution < -0.4 is 5.32 Å². The number of nitrogens with zero attached hydrogens (tertiary/aromatic N) is 1. The van der Waals surface area contributed by atoms with Gasteiger partial charge in [0.05, 0.1) is 0 Å². The third-order valence-corrected chi connectivity index (χ3v) is 4.71. The molecule has 16 heavy (non-hydrogen) atoms. The van der Waals surface area contributed by atoms with Crippen molar-refractivity contribution in [1.82, 2.24) is 10.2 Å². The van der Waals surface area contributed by atoms with Gasteiger partial charge in [-0.2, -0.15) is 0 Å². The molecule has 1 unspecified atom stereocenters. The minimum Gasteiger partial charge on any atom is -0.312 e. The summed E-state index contributed by atoms with van der Waals surface area (Å²) in [7, 11) is 0. The lowest BCUT2D eigenvalue weighted by Gasteiger charge is -2.44. The van der Waals surface area contributed by atoms with Gasteiger partial charge in [0.2, 0.25) is 0 Å². The van der Waals surface area contributed by atoms with Crippen LogP contribution >= 0.6 is 0 Å². The van der Waals surface area contributed by atoms with E-state index >= 15 is 0 Å². The Morgan fingerprint density at radius 1 is 1.12 bits per heavy atom. The molecule has 0 amide bonds. The summed E-state index contributed by atoms with van der Waals surface area (Å²) in [5.41, 5.74) is 0.506. The third-order valence-electron chi connectivity index (χ3n) is 4.71. The third kappa shape index (κ3) is 2.28. The van der Waals surface area contributed by atoms with Crippen LogP contribution in [0.15, 0.2) is 0 Å². The number of likely N-dealkylation sites (tertiary alicyclic amines) is 1. The summed E-state index contributed by atoms with van der Waals surface area (Å²) in [5.74, 6) is 0. The van der Waals surface area contributed by atoms with Gasteiger partial charge in [-0.05, 0) is 58.7 Å². The minimum atomic E-state index is 0.506. The highest BCUT2D eigenvalue weighted by molar-refractivity contribution is 5.03. The smallest absolute Gasteiger partial charge is 0.0359 e. The SMILES string of the molecule is CCCNC(C)C1(N2CCCC2)CCCC1. The van der Waals surface area contributed by atoms with Crippen LogP contribution in [0.25, 0.3) is 0 Å². The van der Waals surface area contributed by atoms with Crippen molar-refractivity contribution in [3.05, 3.63) is 0 Å². The molecule has 0 aromatic rings. The Morgan fingerprint density at radius 2 is 1.75 bits per heavy atom. The van der Waals surface area contributed by atoms with Crippen LogP contribution in [-0.2, 0) is 0 Å². The Hall–Kier alpha value is -0.0800. The normalized spacial score (nSPS) is 27.4. The molecule has 1 N–H and O–H groups in total. The number of rotatable bonds is 5. The highest BCUT2D eigenvalue weighted by Gasteiger charge is 2.44. The Labute approximate surface area is 101 Å². The highest BCUT2D eigenvalue weighted by atomic mass is 15.2. The average molecular weight is 224 g/mol.